The second-order valence-corrected chi connectivity index (χ2v) is 3.62. The molecule has 1 aromatic carbocycles. The zero-order valence-corrected chi connectivity index (χ0v) is 11.5. The van der Waals surface area contributed by atoms with Crippen LogP contribution in [0.2, 0.25) is 0 Å². The molecule has 0 aromatic heterocycles. The van der Waals surface area contributed by atoms with E-state index in [4.69, 9.17) is 18.9 Å². The number of ketones is 1. The molecule has 6 heteroatoms. The number of hydrogen-bond acceptors (Lipinski definition) is 6. The number of ether oxygens (including phenoxy) is 4. The summed E-state index contributed by atoms with van der Waals surface area (Å²) in [6.45, 7) is 2.00. The van der Waals surface area contributed by atoms with Crippen LogP contribution in [-0.2, 0) is 4.74 Å². The normalized spacial score (nSPS) is 10.1. The Hall–Kier alpha value is -1.95. The topological polar surface area (TPSA) is 74.2 Å². The molecule has 0 fully saturated rings. The Morgan fingerprint density at radius 3 is 2.37 bits per heavy atom. The predicted molar refractivity (Wildman–Crippen MR) is 68.6 cm³/mol. The van der Waals surface area contributed by atoms with E-state index in [1.54, 1.807) is 6.92 Å². The monoisotopic (exact) mass is 270 g/mol. The first kappa shape index (κ1) is 15.1. The minimum atomic E-state index is -0.402. The number of phenols is 1. The number of carbonyl (C=O) groups is 1. The minimum Gasteiger partial charge on any atom is -0.507 e. The number of hydrogen-bond donors (Lipinski definition) is 1. The predicted octanol–water partition coefficient (Wildman–Crippen LogP) is 1.64. The maximum Gasteiger partial charge on any atom is 0.204 e. The van der Waals surface area contributed by atoms with Gasteiger partial charge in [-0.25, -0.2) is 0 Å². The van der Waals surface area contributed by atoms with Crippen molar-refractivity contribution in [3.05, 3.63) is 11.6 Å². The Labute approximate surface area is 111 Å². The average Bonchev–Trinajstić information content (AvgIpc) is 2.39. The lowest BCUT2D eigenvalue weighted by molar-refractivity contribution is 0.0841. The van der Waals surface area contributed by atoms with Gasteiger partial charge in [0.2, 0.25) is 5.75 Å². The van der Waals surface area contributed by atoms with E-state index < -0.39 is 5.78 Å². The van der Waals surface area contributed by atoms with E-state index in [0.29, 0.717) is 12.4 Å². The summed E-state index contributed by atoms with van der Waals surface area (Å²) >= 11 is 0. The molecule has 0 spiro atoms. The smallest absolute Gasteiger partial charge is 0.204 e. The van der Waals surface area contributed by atoms with Gasteiger partial charge >= 0.3 is 0 Å². The summed E-state index contributed by atoms with van der Waals surface area (Å²) in [5.41, 5.74) is 0.0219. The van der Waals surface area contributed by atoms with Gasteiger partial charge in [0, 0.05) is 13.2 Å². The molecule has 0 radical (unpaired) electrons. The van der Waals surface area contributed by atoms with Gasteiger partial charge in [-0.1, -0.05) is 0 Å². The zero-order chi connectivity index (χ0) is 14.4. The third-order valence-electron chi connectivity index (χ3n) is 2.45. The molecule has 19 heavy (non-hydrogen) atoms. The molecule has 0 bridgehead atoms. The van der Waals surface area contributed by atoms with Crippen molar-refractivity contribution in [1.29, 1.82) is 0 Å². The number of benzene rings is 1. The highest BCUT2D eigenvalue weighted by molar-refractivity contribution is 6.03. The van der Waals surface area contributed by atoms with Gasteiger partial charge in [0.05, 0.1) is 20.8 Å². The van der Waals surface area contributed by atoms with Gasteiger partial charge in [0.25, 0.3) is 0 Å². The second-order valence-electron chi connectivity index (χ2n) is 3.62. The van der Waals surface area contributed by atoms with Crippen LogP contribution in [0.15, 0.2) is 6.07 Å². The Morgan fingerprint density at radius 2 is 1.89 bits per heavy atom. The average molecular weight is 270 g/mol. The molecule has 0 aliphatic rings. The summed E-state index contributed by atoms with van der Waals surface area (Å²) in [6, 6.07) is 1.32. The fourth-order valence-corrected chi connectivity index (χ4v) is 1.70. The second kappa shape index (κ2) is 6.84. The lowest BCUT2D eigenvalue weighted by Gasteiger charge is -2.17. The Morgan fingerprint density at radius 1 is 1.21 bits per heavy atom. The van der Waals surface area contributed by atoms with Gasteiger partial charge in [-0.05, 0) is 6.92 Å². The minimum absolute atomic E-state index is 0.0219. The zero-order valence-electron chi connectivity index (χ0n) is 11.5. The lowest BCUT2D eigenvalue weighted by atomic mass is 10.1. The number of phenolic OH excluding ortho intramolecular Hbond substituents is 1. The Kier molecular flexibility index (Phi) is 5.44. The molecule has 1 rings (SSSR count). The van der Waals surface area contributed by atoms with Crippen LogP contribution in [0.5, 0.6) is 23.0 Å². The first-order chi connectivity index (χ1) is 9.10. The van der Waals surface area contributed by atoms with Crippen molar-refractivity contribution in [3.8, 4) is 23.0 Å². The van der Waals surface area contributed by atoms with Crippen LogP contribution in [0.3, 0.4) is 0 Å². The van der Waals surface area contributed by atoms with E-state index in [1.165, 1.54) is 27.4 Å². The third kappa shape index (κ3) is 3.08. The summed E-state index contributed by atoms with van der Waals surface area (Å²) < 4.78 is 20.5. The quantitative estimate of drug-likeness (QED) is 0.759. The molecule has 0 aliphatic heterocycles. The van der Waals surface area contributed by atoms with E-state index >= 15 is 0 Å². The highest BCUT2D eigenvalue weighted by Gasteiger charge is 2.25. The van der Waals surface area contributed by atoms with Crippen molar-refractivity contribution in [2.24, 2.45) is 0 Å². The highest BCUT2D eigenvalue weighted by Crippen LogP contribution is 2.45. The van der Waals surface area contributed by atoms with Gasteiger partial charge in [0.1, 0.15) is 17.9 Å². The molecule has 0 amide bonds. The van der Waals surface area contributed by atoms with E-state index in [9.17, 15) is 9.90 Å². The van der Waals surface area contributed by atoms with Gasteiger partial charge < -0.3 is 24.1 Å². The van der Waals surface area contributed by atoms with Crippen molar-refractivity contribution >= 4 is 5.78 Å². The summed E-state index contributed by atoms with van der Waals surface area (Å²) in [6.07, 6.45) is 0. The first-order valence-corrected chi connectivity index (χ1v) is 5.73. The van der Waals surface area contributed by atoms with Crippen LogP contribution in [0, 0.1) is 0 Å². The number of methoxy groups -OCH3 is 3. The molecule has 0 saturated heterocycles. The Balaban J connectivity index is 3.45. The van der Waals surface area contributed by atoms with Crippen molar-refractivity contribution in [1.82, 2.24) is 0 Å². The molecule has 1 aromatic rings. The van der Waals surface area contributed by atoms with E-state index in [0.717, 1.165) is 0 Å². The summed E-state index contributed by atoms with van der Waals surface area (Å²) in [5.74, 6) is 0.0790. The van der Waals surface area contributed by atoms with Crippen LogP contribution in [-0.4, -0.2) is 45.4 Å². The van der Waals surface area contributed by atoms with Crippen LogP contribution >= 0.6 is 0 Å². The van der Waals surface area contributed by atoms with E-state index in [-0.39, 0.29) is 29.4 Å². The molecule has 0 heterocycles. The molecule has 1 N–H and O–H groups in total. The SMILES string of the molecule is CCOc1c(OC)cc(O)c(C(=O)COC)c1OC. The molecule has 106 valence electrons. The number of carbonyl (C=O) groups excluding carboxylic acids is 1. The van der Waals surface area contributed by atoms with Gasteiger partial charge in [0.15, 0.2) is 17.3 Å². The third-order valence-corrected chi connectivity index (χ3v) is 2.45. The molecule has 0 atom stereocenters. The lowest BCUT2D eigenvalue weighted by Crippen LogP contribution is -2.11. The number of rotatable bonds is 7. The van der Waals surface area contributed by atoms with E-state index in [1.807, 2.05) is 0 Å². The molecular formula is C13H18O6. The highest BCUT2D eigenvalue weighted by atomic mass is 16.5. The van der Waals surface area contributed by atoms with Crippen LogP contribution in [0.4, 0.5) is 0 Å². The van der Waals surface area contributed by atoms with E-state index in [2.05, 4.69) is 0 Å². The van der Waals surface area contributed by atoms with Crippen LogP contribution in [0.25, 0.3) is 0 Å². The summed E-state index contributed by atoms with van der Waals surface area (Å²) in [5, 5.41) is 9.93. The number of aromatic hydroxyl groups is 1. The largest absolute Gasteiger partial charge is 0.507 e. The van der Waals surface area contributed by atoms with Crippen LogP contribution < -0.4 is 14.2 Å². The van der Waals surface area contributed by atoms with Gasteiger partial charge in [-0.3, -0.25) is 4.79 Å². The maximum atomic E-state index is 11.9. The molecule has 6 nitrogen and oxygen atoms in total. The molecule has 0 saturated carbocycles. The summed E-state index contributed by atoms with van der Waals surface area (Å²) in [7, 11) is 4.22. The molecule has 0 unspecified atom stereocenters. The molecule has 0 aliphatic carbocycles. The van der Waals surface area contributed by atoms with Gasteiger partial charge in [-0.15, -0.1) is 0 Å². The Bertz CT molecular complexity index is 455. The fourth-order valence-electron chi connectivity index (χ4n) is 1.70. The van der Waals surface area contributed by atoms with Gasteiger partial charge in [-0.2, -0.15) is 0 Å². The molecular weight excluding hydrogens is 252 g/mol. The summed E-state index contributed by atoms with van der Waals surface area (Å²) in [4.78, 5) is 11.9. The number of Topliss-reactive ketones (excluding diaryl/α,β-unsaturated/α-hetero) is 1. The first-order valence-electron chi connectivity index (χ1n) is 5.73. The van der Waals surface area contributed by atoms with Crippen LogP contribution in [0.1, 0.15) is 17.3 Å². The van der Waals surface area contributed by atoms with Crippen molar-refractivity contribution in [3.63, 3.8) is 0 Å². The maximum absolute atomic E-state index is 11.9. The van der Waals surface area contributed by atoms with Crippen molar-refractivity contribution in [2.45, 2.75) is 6.92 Å². The van der Waals surface area contributed by atoms with Crippen molar-refractivity contribution in [2.75, 3.05) is 34.5 Å². The van der Waals surface area contributed by atoms with Crippen molar-refractivity contribution < 1.29 is 28.8 Å². The standard InChI is InChI=1S/C13H18O6/c1-5-19-12-10(17-3)6-8(14)11(13(12)18-4)9(15)7-16-2/h6,14H,5,7H2,1-4H3. The fraction of sp³-hybridized carbons (Fsp3) is 0.462.